The first-order valence-electron chi connectivity index (χ1n) is 7.76. The van der Waals surface area contributed by atoms with Crippen molar-refractivity contribution in [3.05, 3.63) is 77.0 Å². The highest BCUT2D eigenvalue weighted by molar-refractivity contribution is 6.04. The van der Waals surface area contributed by atoms with Crippen LogP contribution in [-0.4, -0.2) is 17.0 Å². The first kappa shape index (κ1) is 16.5. The molecular weight excluding hydrogens is 318 g/mol. The fourth-order valence-electron chi connectivity index (χ4n) is 2.47. The zero-order valence-electron chi connectivity index (χ0n) is 13.9. The summed E-state index contributed by atoms with van der Waals surface area (Å²) in [5.74, 6) is -1.00. The van der Waals surface area contributed by atoms with Gasteiger partial charge in [0.2, 0.25) is 5.76 Å². The number of aryl methyl sites for hydroxylation is 2. The molecule has 1 amide bonds. The summed E-state index contributed by atoms with van der Waals surface area (Å²) in [4.78, 5) is 23.3. The van der Waals surface area contributed by atoms with Crippen LogP contribution in [0.3, 0.4) is 0 Å². The molecule has 5 heteroatoms. The first-order chi connectivity index (χ1) is 11.9. The van der Waals surface area contributed by atoms with Crippen LogP contribution in [0.1, 0.15) is 32.0 Å². The average molecular weight is 335 g/mol. The molecule has 0 saturated carbocycles. The zero-order valence-corrected chi connectivity index (χ0v) is 13.9. The van der Waals surface area contributed by atoms with Crippen molar-refractivity contribution < 1.29 is 19.1 Å². The molecule has 2 aromatic carbocycles. The van der Waals surface area contributed by atoms with Gasteiger partial charge in [-0.15, -0.1) is 0 Å². The summed E-state index contributed by atoms with van der Waals surface area (Å²) in [5, 5.41) is 11.8. The molecule has 0 radical (unpaired) electrons. The molecule has 0 saturated heterocycles. The Kier molecular flexibility index (Phi) is 4.39. The van der Waals surface area contributed by atoms with Crippen molar-refractivity contribution in [2.24, 2.45) is 0 Å². The molecule has 0 aliphatic heterocycles. The molecule has 0 fully saturated rings. The third-order valence-electron chi connectivity index (χ3n) is 3.89. The second kappa shape index (κ2) is 6.65. The molecule has 2 N–H and O–H groups in total. The number of hydrogen-bond acceptors (Lipinski definition) is 3. The lowest BCUT2D eigenvalue weighted by Gasteiger charge is -2.09. The van der Waals surface area contributed by atoms with E-state index in [1.54, 1.807) is 30.3 Å². The summed E-state index contributed by atoms with van der Waals surface area (Å²) < 4.78 is 5.36. The van der Waals surface area contributed by atoms with E-state index in [1.807, 2.05) is 32.0 Å². The van der Waals surface area contributed by atoms with Gasteiger partial charge >= 0.3 is 5.97 Å². The van der Waals surface area contributed by atoms with Gasteiger partial charge in [0.15, 0.2) is 0 Å². The van der Waals surface area contributed by atoms with Crippen LogP contribution in [0.25, 0.3) is 11.3 Å². The largest absolute Gasteiger partial charge is 0.475 e. The van der Waals surface area contributed by atoms with Gasteiger partial charge in [0.05, 0.1) is 0 Å². The number of carboxylic acids is 1. The standard InChI is InChI=1S/C20H17NO4/c1-12-3-6-14(7-4-12)19(22)21-15-8-5-13(2)16(11-15)17-9-10-18(25-17)20(23)24/h3-11H,1-2H3,(H,21,22)(H,23,24). The lowest BCUT2D eigenvalue weighted by Crippen LogP contribution is -2.11. The van der Waals surface area contributed by atoms with Gasteiger partial charge in [-0.3, -0.25) is 4.79 Å². The van der Waals surface area contributed by atoms with Crippen molar-refractivity contribution >= 4 is 17.6 Å². The monoisotopic (exact) mass is 335 g/mol. The van der Waals surface area contributed by atoms with Gasteiger partial charge in [-0.05, 0) is 55.8 Å². The van der Waals surface area contributed by atoms with Gasteiger partial charge in [0, 0.05) is 16.8 Å². The van der Waals surface area contributed by atoms with E-state index in [-0.39, 0.29) is 11.7 Å². The van der Waals surface area contributed by atoms with E-state index in [9.17, 15) is 9.59 Å². The fraction of sp³-hybridized carbons (Fsp3) is 0.100. The Morgan fingerprint density at radius 2 is 1.68 bits per heavy atom. The molecule has 0 aliphatic rings. The van der Waals surface area contributed by atoms with Gasteiger partial charge in [-0.2, -0.15) is 0 Å². The quantitative estimate of drug-likeness (QED) is 0.735. The van der Waals surface area contributed by atoms with E-state index in [0.717, 1.165) is 16.7 Å². The van der Waals surface area contributed by atoms with E-state index in [1.165, 1.54) is 6.07 Å². The van der Waals surface area contributed by atoms with Crippen LogP contribution in [0.2, 0.25) is 0 Å². The number of benzene rings is 2. The minimum absolute atomic E-state index is 0.122. The Morgan fingerprint density at radius 1 is 0.960 bits per heavy atom. The second-order valence-corrected chi connectivity index (χ2v) is 5.82. The summed E-state index contributed by atoms with van der Waals surface area (Å²) in [6, 6.07) is 15.7. The maximum atomic E-state index is 12.3. The highest BCUT2D eigenvalue weighted by Crippen LogP contribution is 2.28. The molecule has 0 atom stereocenters. The van der Waals surface area contributed by atoms with Gasteiger partial charge < -0.3 is 14.8 Å². The topological polar surface area (TPSA) is 79.5 Å². The number of aromatic carboxylic acids is 1. The zero-order chi connectivity index (χ0) is 18.0. The molecule has 0 spiro atoms. The predicted molar refractivity (Wildman–Crippen MR) is 95.0 cm³/mol. The molecule has 0 bridgehead atoms. The number of anilines is 1. The second-order valence-electron chi connectivity index (χ2n) is 5.82. The van der Waals surface area contributed by atoms with E-state index in [4.69, 9.17) is 9.52 Å². The smallest absolute Gasteiger partial charge is 0.371 e. The van der Waals surface area contributed by atoms with Gasteiger partial charge in [0.25, 0.3) is 5.91 Å². The van der Waals surface area contributed by atoms with Crippen molar-refractivity contribution in [1.82, 2.24) is 0 Å². The molecule has 3 aromatic rings. The minimum atomic E-state index is -1.12. The summed E-state index contributed by atoms with van der Waals surface area (Å²) in [6.07, 6.45) is 0. The molecule has 0 aliphatic carbocycles. The van der Waals surface area contributed by atoms with Gasteiger partial charge in [0.1, 0.15) is 5.76 Å². The van der Waals surface area contributed by atoms with Crippen LogP contribution in [0.15, 0.2) is 59.0 Å². The summed E-state index contributed by atoms with van der Waals surface area (Å²) >= 11 is 0. The first-order valence-corrected chi connectivity index (χ1v) is 7.76. The van der Waals surface area contributed by atoms with Crippen molar-refractivity contribution in [2.45, 2.75) is 13.8 Å². The molecule has 1 aromatic heterocycles. The predicted octanol–water partition coefficient (Wildman–Crippen LogP) is 4.51. The van der Waals surface area contributed by atoms with Crippen LogP contribution in [-0.2, 0) is 0 Å². The highest BCUT2D eigenvalue weighted by atomic mass is 16.4. The Bertz CT molecular complexity index is 939. The van der Waals surface area contributed by atoms with Crippen molar-refractivity contribution in [3.63, 3.8) is 0 Å². The van der Waals surface area contributed by atoms with Crippen LogP contribution >= 0.6 is 0 Å². The number of carboxylic acid groups (broad SMARTS) is 1. The van der Waals surface area contributed by atoms with Crippen LogP contribution in [0.4, 0.5) is 5.69 Å². The van der Waals surface area contributed by atoms with Gasteiger partial charge in [-0.25, -0.2) is 4.79 Å². The summed E-state index contributed by atoms with van der Waals surface area (Å²) in [7, 11) is 0. The van der Waals surface area contributed by atoms with Gasteiger partial charge in [-0.1, -0.05) is 23.8 Å². The van der Waals surface area contributed by atoms with Crippen LogP contribution < -0.4 is 5.32 Å². The van der Waals surface area contributed by atoms with Crippen molar-refractivity contribution in [2.75, 3.05) is 5.32 Å². The van der Waals surface area contributed by atoms with Crippen molar-refractivity contribution in [3.8, 4) is 11.3 Å². The number of furan rings is 1. The number of carbonyl (C=O) groups excluding carboxylic acids is 1. The number of hydrogen-bond donors (Lipinski definition) is 2. The maximum Gasteiger partial charge on any atom is 0.371 e. The Morgan fingerprint density at radius 3 is 2.32 bits per heavy atom. The lowest BCUT2D eigenvalue weighted by molar-refractivity contribution is 0.0663. The molecule has 126 valence electrons. The lowest BCUT2D eigenvalue weighted by atomic mass is 10.1. The van der Waals surface area contributed by atoms with E-state index >= 15 is 0 Å². The van der Waals surface area contributed by atoms with Crippen LogP contribution in [0, 0.1) is 13.8 Å². The number of amides is 1. The Labute approximate surface area is 144 Å². The molecule has 3 rings (SSSR count). The number of carbonyl (C=O) groups is 2. The number of nitrogens with one attached hydrogen (secondary N) is 1. The normalized spacial score (nSPS) is 10.5. The van der Waals surface area contributed by atoms with E-state index in [0.29, 0.717) is 17.0 Å². The highest BCUT2D eigenvalue weighted by Gasteiger charge is 2.13. The molecule has 0 unspecified atom stereocenters. The third-order valence-corrected chi connectivity index (χ3v) is 3.89. The van der Waals surface area contributed by atoms with Crippen molar-refractivity contribution in [1.29, 1.82) is 0 Å². The average Bonchev–Trinajstić information content (AvgIpc) is 3.07. The third kappa shape index (κ3) is 3.61. The van der Waals surface area contributed by atoms with E-state index < -0.39 is 5.97 Å². The fourth-order valence-corrected chi connectivity index (χ4v) is 2.47. The minimum Gasteiger partial charge on any atom is -0.475 e. The molecule has 25 heavy (non-hydrogen) atoms. The van der Waals surface area contributed by atoms with Crippen LogP contribution in [0.5, 0.6) is 0 Å². The molecule has 1 heterocycles. The Hall–Kier alpha value is -3.34. The summed E-state index contributed by atoms with van der Waals surface area (Å²) in [5.41, 5.74) is 3.91. The number of rotatable bonds is 4. The molecule has 5 nitrogen and oxygen atoms in total. The molecular formula is C20H17NO4. The summed E-state index contributed by atoms with van der Waals surface area (Å²) in [6.45, 7) is 3.85. The SMILES string of the molecule is Cc1ccc(C(=O)Nc2ccc(C)c(-c3ccc(C(=O)O)o3)c2)cc1. The maximum absolute atomic E-state index is 12.3. The Balaban J connectivity index is 1.87. The van der Waals surface area contributed by atoms with E-state index in [2.05, 4.69) is 5.32 Å².